The Morgan fingerprint density at radius 2 is 1.86 bits per heavy atom. The maximum absolute atomic E-state index is 11.9. The van der Waals surface area contributed by atoms with E-state index >= 15 is 0 Å². The normalized spacial score (nSPS) is 12.0. The van der Waals surface area contributed by atoms with Crippen molar-refractivity contribution in [3.05, 3.63) is 45.7 Å². The smallest absolute Gasteiger partial charge is 0.325 e. The maximum atomic E-state index is 11.9. The number of hydrogen-bond acceptors (Lipinski definition) is 3. The molecule has 1 atom stereocenters. The van der Waals surface area contributed by atoms with Gasteiger partial charge in [-0.05, 0) is 61.0 Å². The predicted octanol–water partition coefficient (Wildman–Crippen LogP) is 2.45. The molecule has 1 heterocycles. The number of carboxylic acid groups (broad SMARTS) is 1. The standard InChI is InChI=1S/C15H16BrN3O3/c1-8-13(16)10(3)19(18-8)12-6-4-11(5-7-12)14(20)17-9(2)15(21)22/h4-7,9H,1-3H3,(H,17,20)(H,21,22)/t9-/m0/s1. The van der Waals surface area contributed by atoms with Gasteiger partial charge in [0.1, 0.15) is 6.04 Å². The van der Waals surface area contributed by atoms with E-state index in [2.05, 4.69) is 26.3 Å². The molecule has 116 valence electrons. The number of benzene rings is 1. The molecule has 22 heavy (non-hydrogen) atoms. The quantitative estimate of drug-likeness (QED) is 0.871. The van der Waals surface area contributed by atoms with Crippen molar-refractivity contribution in [3.63, 3.8) is 0 Å². The second-order valence-corrected chi connectivity index (χ2v) is 5.77. The van der Waals surface area contributed by atoms with E-state index in [-0.39, 0.29) is 0 Å². The van der Waals surface area contributed by atoms with E-state index in [1.807, 2.05) is 13.8 Å². The third-order valence-corrected chi connectivity index (χ3v) is 4.44. The van der Waals surface area contributed by atoms with E-state index in [4.69, 9.17) is 5.11 Å². The van der Waals surface area contributed by atoms with Crippen molar-refractivity contribution in [3.8, 4) is 5.69 Å². The Labute approximate surface area is 136 Å². The Morgan fingerprint density at radius 3 is 2.32 bits per heavy atom. The van der Waals surface area contributed by atoms with Crippen LogP contribution in [0.2, 0.25) is 0 Å². The number of nitrogens with zero attached hydrogens (tertiary/aromatic N) is 2. The molecule has 0 saturated heterocycles. The summed E-state index contributed by atoms with van der Waals surface area (Å²) in [6, 6.07) is 5.89. The summed E-state index contributed by atoms with van der Waals surface area (Å²) in [7, 11) is 0. The van der Waals surface area contributed by atoms with Crippen molar-refractivity contribution in [2.75, 3.05) is 0 Å². The molecule has 2 rings (SSSR count). The Morgan fingerprint density at radius 1 is 1.27 bits per heavy atom. The number of carbonyl (C=O) groups excluding carboxylic acids is 1. The summed E-state index contributed by atoms with van der Waals surface area (Å²) in [4.78, 5) is 22.7. The van der Waals surface area contributed by atoms with Crippen molar-refractivity contribution < 1.29 is 14.7 Å². The number of halogens is 1. The monoisotopic (exact) mass is 365 g/mol. The summed E-state index contributed by atoms with van der Waals surface area (Å²) in [5.74, 6) is -1.49. The number of carbonyl (C=O) groups is 2. The van der Waals surface area contributed by atoms with Gasteiger partial charge in [0.2, 0.25) is 0 Å². The van der Waals surface area contributed by atoms with E-state index in [9.17, 15) is 9.59 Å². The number of nitrogens with one attached hydrogen (secondary N) is 1. The molecule has 2 aromatic rings. The molecular formula is C15H16BrN3O3. The van der Waals surface area contributed by atoms with Crippen LogP contribution in [0.3, 0.4) is 0 Å². The molecule has 0 fully saturated rings. The minimum atomic E-state index is -1.07. The van der Waals surface area contributed by atoms with Crippen LogP contribution >= 0.6 is 15.9 Å². The molecule has 0 aliphatic heterocycles. The number of aliphatic carboxylic acids is 1. The minimum Gasteiger partial charge on any atom is -0.480 e. The third kappa shape index (κ3) is 3.19. The maximum Gasteiger partial charge on any atom is 0.325 e. The van der Waals surface area contributed by atoms with Crippen LogP contribution in [-0.2, 0) is 4.79 Å². The first-order chi connectivity index (χ1) is 10.3. The van der Waals surface area contributed by atoms with Crippen LogP contribution in [-0.4, -0.2) is 32.8 Å². The van der Waals surface area contributed by atoms with Crippen LogP contribution < -0.4 is 5.32 Å². The minimum absolute atomic E-state index is 0.400. The number of carboxylic acids is 1. The second kappa shape index (κ2) is 6.31. The van der Waals surface area contributed by atoms with Gasteiger partial charge in [0, 0.05) is 5.56 Å². The summed E-state index contributed by atoms with van der Waals surface area (Å²) in [5, 5.41) is 15.6. The number of aromatic nitrogens is 2. The number of hydrogen-bond donors (Lipinski definition) is 2. The fourth-order valence-electron chi connectivity index (χ4n) is 1.97. The van der Waals surface area contributed by atoms with E-state index in [1.54, 1.807) is 28.9 Å². The van der Waals surface area contributed by atoms with Gasteiger partial charge in [0.05, 0.1) is 21.5 Å². The van der Waals surface area contributed by atoms with Gasteiger partial charge >= 0.3 is 5.97 Å². The second-order valence-electron chi connectivity index (χ2n) is 4.98. The molecule has 0 radical (unpaired) electrons. The van der Waals surface area contributed by atoms with Crippen LogP contribution in [0, 0.1) is 13.8 Å². The Bertz CT molecular complexity index is 722. The Kier molecular flexibility index (Phi) is 4.65. The fourth-order valence-corrected chi connectivity index (χ4v) is 2.22. The average Bonchev–Trinajstić information content (AvgIpc) is 2.75. The summed E-state index contributed by atoms with van der Waals surface area (Å²) in [6.07, 6.45) is 0. The molecule has 0 unspecified atom stereocenters. The molecule has 6 nitrogen and oxygen atoms in total. The summed E-state index contributed by atoms with van der Waals surface area (Å²) < 4.78 is 2.73. The highest BCUT2D eigenvalue weighted by Crippen LogP contribution is 2.23. The van der Waals surface area contributed by atoms with Crippen molar-refractivity contribution in [1.29, 1.82) is 0 Å². The fraction of sp³-hybridized carbons (Fsp3) is 0.267. The molecule has 1 amide bonds. The van der Waals surface area contributed by atoms with Crippen LogP contribution in [0.5, 0.6) is 0 Å². The van der Waals surface area contributed by atoms with Crippen molar-refractivity contribution in [2.24, 2.45) is 0 Å². The Balaban J connectivity index is 2.22. The van der Waals surface area contributed by atoms with E-state index in [0.29, 0.717) is 5.56 Å². The van der Waals surface area contributed by atoms with Crippen LogP contribution in [0.15, 0.2) is 28.7 Å². The van der Waals surface area contributed by atoms with Crippen molar-refractivity contribution >= 4 is 27.8 Å². The first-order valence-corrected chi connectivity index (χ1v) is 7.46. The van der Waals surface area contributed by atoms with Gasteiger partial charge in [0.25, 0.3) is 5.91 Å². The largest absolute Gasteiger partial charge is 0.480 e. The van der Waals surface area contributed by atoms with E-state index in [1.165, 1.54) is 6.92 Å². The first kappa shape index (κ1) is 16.2. The lowest BCUT2D eigenvalue weighted by atomic mass is 10.2. The lowest BCUT2D eigenvalue weighted by Gasteiger charge is -2.10. The molecule has 7 heteroatoms. The molecule has 0 aliphatic rings. The van der Waals surface area contributed by atoms with Gasteiger partial charge in [-0.15, -0.1) is 0 Å². The SMILES string of the molecule is Cc1nn(-c2ccc(C(=O)N[C@@H](C)C(=O)O)cc2)c(C)c1Br. The van der Waals surface area contributed by atoms with Crippen LogP contribution in [0.1, 0.15) is 28.7 Å². The van der Waals surface area contributed by atoms with Crippen molar-refractivity contribution in [1.82, 2.24) is 15.1 Å². The average molecular weight is 366 g/mol. The molecule has 2 N–H and O–H groups in total. The van der Waals surface area contributed by atoms with Gasteiger partial charge < -0.3 is 10.4 Å². The van der Waals surface area contributed by atoms with Gasteiger partial charge in [-0.3, -0.25) is 9.59 Å². The van der Waals surface area contributed by atoms with Crippen LogP contribution in [0.4, 0.5) is 0 Å². The van der Waals surface area contributed by atoms with Crippen molar-refractivity contribution in [2.45, 2.75) is 26.8 Å². The molecule has 1 aromatic heterocycles. The predicted molar refractivity (Wildman–Crippen MR) is 85.3 cm³/mol. The molecular weight excluding hydrogens is 350 g/mol. The van der Waals surface area contributed by atoms with E-state index in [0.717, 1.165) is 21.5 Å². The summed E-state index contributed by atoms with van der Waals surface area (Å²) >= 11 is 3.47. The van der Waals surface area contributed by atoms with Gasteiger partial charge in [-0.25, -0.2) is 4.68 Å². The number of amides is 1. The highest BCUT2D eigenvalue weighted by molar-refractivity contribution is 9.10. The topological polar surface area (TPSA) is 84.2 Å². The first-order valence-electron chi connectivity index (χ1n) is 6.67. The Hall–Kier alpha value is -2.15. The molecule has 0 bridgehead atoms. The summed E-state index contributed by atoms with van der Waals surface area (Å²) in [6.45, 7) is 5.27. The molecule has 1 aromatic carbocycles. The zero-order valence-corrected chi connectivity index (χ0v) is 14.0. The molecule has 0 spiro atoms. The third-order valence-electron chi connectivity index (χ3n) is 3.30. The van der Waals surface area contributed by atoms with E-state index < -0.39 is 17.9 Å². The van der Waals surface area contributed by atoms with Gasteiger partial charge in [-0.2, -0.15) is 5.10 Å². The lowest BCUT2D eigenvalue weighted by Crippen LogP contribution is -2.38. The molecule has 0 saturated carbocycles. The lowest BCUT2D eigenvalue weighted by molar-refractivity contribution is -0.138. The number of aryl methyl sites for hydroxylation is 1. The number of rotatable bonds is 4. The molecule has 0 aliphatic carbocycles. The summed E-state index contributed by atoms with van der Waals surface area (Å²) in [5.41, 5.74) is 3.08. The van der Waals surface area contributed by atoms with Crippen LogP contribution in [0.25, 0.3) is 5.69 Å². The van der Waals surface area contributed by atoms with Gasteiger partial charge in [0.15, 0.2) is 0 Å². The highest BCUT2D eigenvalue weighted by Gasteiger charge is 2.16. The zero-order chi connectivity index (χ0) is 16.4. The highest BCUT2D eigenvalue weighted by atomic mass is 79.9. The zero-order valence-electron chi connectivity index (χ0n) is 12.4. The van der Waals surface area contributed by atoms with Gasteiger partial charge in [-0.1, -0.05) is 0 Å².